The van der Waals surface area contributed by atoms with Crippen LogP contribution in [0.25, 0.3) is 0 Å². The molecule has 0 aromatic rings. The number of hydrogen-bond acceptors (Lipinski definition) is 3. The lowest BCUT2D eigenvalue weighted by Gasteiger charge is -2.25. The highest BCUT2D eigenvalue weighted by Gasteiger charge is 2.32. The SMILES string of the molecule is CC(C)(C)[S@+]([O-])NC(C#N)C(F)F. The van der Waals surface area contributed by atoms with Crippen LogP contribution in [0.4, 0.5) is 8.78 Å². The van der Waals surface area contributed by atoms with Gasteiger partial charge in [-0.25, -0.2) is 8.78 Å². The van der Waals surface area contributed by atoms with Crippen molar-refractivity contribution in [2.24, 2.45) is 0 Å². The van der Waals surface area contributed by atoms with Crippen molar-refractivity contribution in [2.45, 2.75) is 38.0 Å². The van der Waals surface area contributed by atoms with Gasteiger partial charge >= 0.3 is 0 Å². The van der Waals surface area contributed by atoms with Gasteiger partial charge in [-0.2, -0.15) is 5.26 Å². The van der Waals surface area contributed by atoms with E-state index in [0.717, 1.165) is 0 Å². The van der Waals surface area contributed by atoms with Crippen LogP contribution in [0.2, 0.25) is 0 Å². The van der Waals surface area contributed by atoms with Crippen LogP contribution in [0.3, 0.4) is 0 Å². The first-order chi connectivity index (χ1) is 5.79. The van der Waals surface area contributed by atoms with E-state index >= 15 is 0 Å². The molecule has 0 amide bonds. The summed E-state index contributed by atoms with van der Waals surface area (Å²) in [6.45, 7) is 4.90. The predicted molar refractivity (Wildman–Crippen MR) is 46.4 cm³/mol. The monoisotopic (exact) mass is 210 g/mol. The summed E-state index contributed by atoms with van der Waals surface area (Å²) in [4.78, 5) is 0. The van der Waals surface area contributed by atoms with Crippen LogP contribution in [0, 0.1) is 11.3 Å². The summed E-state index contributed by atoms with van der Waals surface area (Å²) in [6, 6.07) is -0.316. The van der Waals surface area contributed by atoms with Crippen LogP contribution in [-0.2, 0) is 11.4 Å². The van der Waals surface area contributed by atoms with E-state index in [1.807, 2.05) is 0 Å². The highest BCUT2D eigenvalue weighted by molar-refractivity contribution is 7.90. The largest absolute Gasteiger partial charge is 0.598 e. The van der Waals surface area contributed by atoms with Crippen molar-refractivity contribution in [3.05, 3.63) is 0 Å². The zero-order chi connectivity index (χ0) is 10.6. The third-order valence-electron chi connectivity index (χ3n) is 1.18. The molecule has 1 N–H and O–H groups in total. The molecule has 0 fully saturated rings. The molecule has 13 heavy (non-hydrogen) atoms. The highest BCUT2D eigenvalue weighted by Crippen LogP contribution is 2.15. The number of hydrogen-bond donors (Lipinski definition) is 1. The summed E-state index contributed by atoms with van der Waals surface area (Å²) in [5, 5.41) is 8.28. The molecule has 0 aromatic carbocycles. The molecule has 0 aliphatic heterocycles. The van der Waals surface area contributed by atoms with E-state index in [1.165, 1.54) is 6.07 Å². The molecular weight excluding hydrogens is 198 g/mol. The second-order valence-electron chi connectivity index (χ2n) is 3.44. The average Bonchev–Trinajstić information content (AvgIpc) is 1.96. The number of nitriles is 1. The van der Waals surface area contributed by atoms with Crippen LogP contribution >= 0.6 is 0 Å². The van der Waals surface area contributed by atoms with Crippen molar-refractivity contribution >= 4 is 11.4 Å². The highest BCUT2D eigenvalue weighted by atomic mass is 32.2. The fourth-order valence-corrected chi connectivity index (χ4v) is 1.17. The van der Waals surface area contributed by atoms with Gasteiger partial charge in [-0.05, 0) is 20.8 Å². The molecule has 0 bridgehead atoms. The van der Waals surface area contributed by atoms with E-state index in [4.69, 9.17) is 5.26 Å². The van der Waals surface area contributed by atoms with E-state index in [2.05, 4.69) is 4.72 Å². The number of alkyl halides is 2. The molecule has 0 aliphatic carbocycles. The van der Waals surface area contributed by atoms with E-state index in [0.29, 0.717) is 0 Å². The molecule has 6 heteroatoms. The van der Waals surface area contributed by atoms with Gasteiger partial charge in [-0.3, -0.25) is 0 Å². The Bertz CT molecular complexity index is 200. The van der Waals surface area contributed by atoms with E-state index in [1.54, 1.807) is 20.8 Å². The fraction of sp³-hybridized carbons (Fsp3) is 0.857. The van der Waals surface area contributed by atoms with Crippen LogP contribution < -0.4 is 4.72 Å². The third kappa shape index (κ3) is 4.41. The molecule has 0 heterocycles. The second-order valence-corrected chi connectivity index (χ2v) is 5.44. The number of nitrogens with zero attached hydrogens (tertiary/aromatic N) is 1. The average molecular weight is 210 g/mol. The summed E-state index contributed by atoms with van der Waals surface area (Å²) in [5.74, 6) is 0. The Morgan fingerprint density at radius 1 is 1.46 bits per heavy atom. The lowest BCUT2D eigenvalue weighted by Crippen LogP contribution is -2.46. The van der Waals surface area contributed by atoms with Gasteiger partial charge in [0, 0.05) is 11.4 Å². The van der Waals surface area contributed by atoms with Gasteiger partial charge in [0.2, 0.25) is 0 Å². The van der Waals surface area contributed by atoms with Crippen LogP contribution in [-0.4, -0.2) is 21.8 Å². The van der Waals surface area contributed by atoms with Gasteiger partial charge in [0.1, 0.15) is 4.75 Å². The molecule has 76 valence electrons. The minimum absolute atomic E-state index is 0.649. The minimum Gasteiger partial charge on any atom is -0.598 e. The molecule has 0 aliphatic rings. The summed E-state index contributed by atoms with van der Waals surface area (Å²) in [6.07, 6.45) is -2.82. The van der Waals surface area contributed by atoms with Gasteiger partial charge in [0.05, 0.1) is 6.07 Å². The Morgan fingerprint density at radius 2 is 1.92 bits per heavy atom. The fourth-order valence-electron chi connectivity index (χ4n) is 0.426. The van der Waals surface area contributed by atoms with Gasteiger partial charge in [0.15, 0.2) is 6.04 Å². The van der Waals surface area contributed by atoms with Gasteiger partial charge in [-0.1, -0.05) is 0 Å². The van der Waals surface area contributed by atoms with E-state index in [9.17, 15) is 13.3 Å². The first kappa shape index (κ1) is 12.6. The Labute approximate surface area is 79.4 Å². The van der Waals surface area contributed by atoms with Crippen molar-refractivity contribution in [3.8, 4) is 6.07 Å². The minimum atomic E-state index is -2.82. The molecule has 0 rings (SSSR count). The molecule has 0 aromatic heterocycles. The number of rotatable bonds is 3. The van der Waals surface area contributed by atoms with E-state index < -0.39 is 28.6 Å². The Kier molecular flexibility index (Phi) is 4.61. The predicted octanol–water partition coefficient (Wildman–Crippen LogP) is 1.20. The van der Waals surface area contributed by atoms with Crippen LogP contribution in [0.1, 0.15) is 20.8 Å². The Balaban J connectivity index is 4.20. The maximum Gasteiger partial charge on any atom is 0.271 e. The molecule has 0 radical (unpaired) electrons. The number of halogens is 2. The molecule has 0 spiro atoms. The summed E-state index contributed by atoms with van der Waals surface area (Å²) >= 11 is -1.64. The maximum atomic E-state index is 12.0. The molecule has 0 saturated heterocycles. The first-order valence-electron chi connectivity index (χ1n) is 3.65. The summed E-state index contributed by atoms with van der Waals surface area (Å²) in [7, 11) is 0. The molecular formula is C7H12F2N2OS. The van der Waals surface area contributed by atoms with Crippen LogP contribution in [0.5, 0.6) is 0 Å². The second kappa shape index (κ2) is 4.74. The van der Waals surface area contributed by atoms with Crippen molar-refractivity contribution in [1.82, 2.24) is 4.72 Å². The summed E-state index contributed by atoms with van der Waals surface area (Å²) in [5.41, 5.74) is 0. The molecule has 1 unspecified atom stereocenters. The smallest absolute Gasteiger partial charge is 0.271 e. The topological polar surface area (TPSA) is 58.9 Å². The van der Waals surface area contributed by atoms with Gasteiger partial charge < -0.3 is 4.55 Å². The lowest BCUT2D eigenvalue weighted by atomic mass is 10.3. The zero-order valence-electron chi connectivity index (χ0n) is 7.67. The summed E-state index contributed by atoms with van der Waals surface area (Å²) < 4.78 is 36.7. The molecule has 0 saturated carbocycles. The van der Waals surface area contributed by atoms with Gasteiger partial charge in [0.25, 0.3) is 6.43 Å². The molecule has 2 atom stereocenters. The van der Waals surface area contributed by atoms with Crippen LogP contribution in [0.15, 0.2) is 0 Å². The van der Waals surface area contributed by atoms with Crippen molar-refractivity contribution in [2.75, 3.05) is 0 Å². The van der Waals surface area contributed by atoms with Crippen molar-refractivity contribution in [1.29, 1.82) is 5.26 Å². The number of nitrogens with one attached hydrogen (secondary N) is 1. The first-order valence-corrected chi connectivity index (χ1v) is 4.80. The third-order valence-corrected chi connectivity index (χ3v) is 2.76. The Hall–Kier alpha value is -0.380. The van der Waals surface area contributed by atoms with Crippen molar-refractivity contribution in [3.63, 3.8) is 0 Å². The molecule has 3 nitrogen and oxygen atoms in total. The zero-order valence-corrected chi connectivity index (χ0v) is 8.49. The van der Waals surface area contributed by atoms with Gasteiger partial charge in [-0.15, -0.1) is 4.72 Å². The maximum absolute atomic E-state index is 12.0. The van der Waals surface area contributed by atoms with E-state index in [-0.39, 0.29) is 0 Å². The Morgan fingerprint density at radius 3 is 2.15 bits per heavy atom. The normalized spacial score (nSPS) is 16.8. The lowest BCUT2D eigenvalue weighted by molar-refractivity contribution is 0.129. The van der Waals surface area contributed by atoms with Crippen molar-refractivity contribution < 1.29 is 13.3 Å². The quantitative estimate of drug-likeness (QED) is 0.712. The standard InChI is InChI=1S/C7H12F2N2OS/c1-7(2,3)13(12)11-5(4-10)6(8)9/h5-6,11H,1-3H3/t5?,13-/m0/s1.